The highest BCUT2D eigenvalue weighted by Crippen LogP contribution is 2.19. The van der Waals surface area contributed by atoms with Crippen LogP contribution in [-0.2, 0) is 16.6 Å². The van der Waals surface area contributed by atoms with Crippen molar-refractivity contribution < 1.29 is 8.42 Å². The van der Waals surface area contributed by atoms with E-state index in [1.807, 2.05) is 12.1 Å². The third-order valence-corrected chi connectivity index (χ3v) is 5.32. The van der Waals surface area contributed by atoms with Gasteiger partial charge in [0.15, 0.2) is 0 Å². The zero-order valence-corrected chi connectivity index (χ0v) is 14.7. The number of nitrogens with two attached hydrogens (primary N) is 1. The Labute approximate surface area is 143 Å². The molecule has 1 aliphatic heterocycles. The number of hydrogen-bond donors (Lipinski definition) is 1. The maximum atomic E-state index is 11.3. The van der Waals surface area contributed by atoms with E-state index in [0.717, 1.165) is 38.4 Å². The van der Waals surface area contributed by atoms with Crippen LogP contribution in [-0.4, -0.2) is 39.5 Å². The Bertz CT molecular complexity index is 795. The van der Waals surface area contributed by atoms with Crippen molar-refractivity contribution in [1.82, 2.24) is 4.90 Å². The number of sulfonamides is 1. The number of nitrogens with zero attached hydrogens (tertiary/aromatic N) is 2. The summed E-state index contributed by atoms with van der Waals surface area (Å²) < 4.78 is 22.6. The van der Waals surface area contributed by atoms with Crippen LogP contribution in [0, 0.1) is 6.92 Å². The third-order valence-electron chi connectivity index (χ3n) is 4.39. The van der Waals surface area contributed by atoms with E-state index in [-0.39, 0.29) is 4.90 Å². The first-order valence-electron chi connectivity index (χ1n) is 8.07. The van der Waals surface area contributed by atoms with Crippen molar-refractivity contribution in [3.05, 3.63) is 59.7 Å². The smallest absolute Gasteiger partial charge is 0.238 e. The maximum absolute atomic E-state index is 11.3. The van der Waals surface area contributed by atoms with Gasteiger partial charge in [-0.25, -0.2) is 13.6 Å². The Hall–Kier alpha value is -1.89. The molecule has 6 heteroatoms. The molecule has 2 aromatic carbocycles. The fourth-order valence-corrected chi connectivity index (χ4v) is 3.59. The zero-order valence-electron chi connectivity index (χ0n) is 13.9. The molecule has 0 saturated carbocycles. The van der Waals surface area contributed by atoms with Gasteiger partial charge in [0.1, 0.15) is 0 Å². The molecule has 1 aliphatic rings. The number of primary sulfonamides is 1. The van der Waals surface area contributed by atoms with Crippen LogP contribution in [0.5, 0.6) is 0 Å². The number of benzene rings is 2. The summed E-state index contributed by atoms with van der Waals surface area (Å²) >= 11 is 0. The summed E-state index contributed by atoms with van der Waals surface area (Å²) in [5.74, 6) is 0. The monoisotopic (exact) mass is 345 g/mol. The molecule has 0 atom stereocenters. The van der Waals surface area contributed by atoms with E-state index in [4.69, 9.17) is 5.14 Å². The van der Waals surface area contributed by atoms with Gasteiger partial charge in [-0.15, -0.1) is 0 Å². The molecule has 3 rings (SSSR count). The number of aryl methyl sites for hydroxylation is 1. The van der Waals surface area contributed by atoms with E-state index in [0.29, 0.717) is 0 Å². The largest absolute Gasteiger partial charge is 0.369 e. The zero-order chi connectivity index (χ0) is 17.2. The molecule has 0 bridgehead atoms. The topological polar surface area (TPSA) is 66.6 Å². The van der Waals surface area contributed by atoms with Crippen LogP contribution in [0.25, 0.3) is 0 Å². The molecule has 0 aliphatic carbocycles. The van der Waals surface area contributed by atoms with Gasteiger partial charge in [-0.2, -0.15) is 0 Å². The Balaban J connectivity index is 1.59. The van der Waals surface area contributed by atoms with Gasteiger partial charge in [0.25, 0.3) is 0 Å². The normalized spacial score (nSPS) is 16.3. The maximum Gasteiger partial charge on any atom is 0.238 e. The fraction of sp³-hybridized carbons (Fsp3) is 0.333. The standard InChI is InChI=1S/C18H23N3O2S/c1-15-3-2-4-16(13-15)14-20-9-11-21(12-10-20)17-5-7-18(8-6-17)24(19,22)23/h2-8,13H,9-12,14H2,1H3,(H2,19,22,23). The SMILES string of the molecule is Cc1cccc(CN2CCN(c3ccc(S(N)(=O)=O)cc3)CC2)c1. The lowest BCUT2D eigenvalue weighted by Gasteiger charge is -2.36. The summed E-state index contributed by atoms with van der Waals surface area (Å²) in [5, 5.41) is 5.14. The molecule has 0 spiro atoms. The number of hydrogen-bond acceptors (Lipinski definition) is 4. The van der Waals surface area contributed by atoms with Gasteiger partial charge >= 0.3 is 0 Å². The van der Waals surface area contributed by atoms with Gasteiger partial charge in [0, 0.05) is 38.4 Å². The van der Waals surface area contributed by atoms with Gasteiger partial charge in [-0.3, -0.25) is 4.90 Å². The third kappa shape index (κ3) is 4.14. The Morgan fingerprint density at radius 1 is 1.00 bits per heavy atom. The molecule has 128 valence electrons. The molecule has 24 heavy (non-hydrogen) atoms. The molecule has 1 heterocycles. The molecule has 1 saturated heterocycles. The predicted octanol–water partition coefficient (Wildman–Crippen LogP) is 1.96. The van der Waals surface area contributed by atoms with Crippen molar-refractivity contribution in [1.29, 1.82) is 0 Å². The molecule has 5 nitrogen and oxygen atoms in total. The highest BCUT2D eigenvalue weighted by molar-refractivity contribution is 7.89. The molecule has 0 aromatic heterocycles. The second-order valence-electron chi connectivity index (χ2n) is 6.29. The quantitative estimate of drug-likeness (QED) is 0.920. The van der Waals surface area contributed by atoms with Crippen LogP contribution in [0.1, 0.15) is 11.1 Å². The minimum Gasteiger partial charge on any atom is -0.369 e. The average Bonchev–Trinajstić information content (AvgIpc) is 2.55. The van der Waals surface area contributed by atoms with Crippen molar-refractivity contribution in [3.8, 4) is 0 Å². The van der Waals surface area contributed by atoms with Crippen LogP contribution >= 0.6 is 0 Å². The van der Waals surface area contributed by atoms with Gasteiger partial charge in [0.2, 0.25) is 10.0 Å². The van der Waals surface area contributed by atoms with Crippen molar-refractivity contribution in [3.63, 3.8) is 0 Å². The Morgan fingerprint density at radius 2 is 1.67 bits per heavy atom. The molecular weight excluding hydrogens is 322 g/mol. The second-order valence-corrected chi connectivity index (χ2v) is 7.85. The molecule has 1 fully saturated rings. The van der Waals surface area contributed by atoms with Crippen molar-refractivity contribution in [2.75, 3.05) is 31.1 Å². The summed E-state index contributed by atoms with van der Waals surface area (Å²) in [6.45, 7) is 6.93. The van der Waals surface area contributed by atoms with Gasteiger partial charge in [-0.1, -0.05) is 29.8 Å². The number of rotatable bonds is 4. The lowest BCUT2D eigenvalue weighted by molar-refractivity contribution is 0.250. The summed E-state index contributed by atoms with van der Waals surface area (Å²) in [4.78, 5) is 4.88. The summed E-state index contributed by atoms with van der Waals surface area (Å²) in [7, 11) is -3.62. The van der Waals surface area contributed by atoms with Gasteiger partial charge in [-0.05, 0) is 36.8 Å². The number of anilines is 1. The Kier molecular flexibility index (Phi) is 4.89. The van der Waals surface area contributed by atoms with Crippen LogP contribution in [0.2, 0.25) is 0 Å². The fourth-order valence-electron chi connectivity index (χ4n) is 3.08. The van der Waals surface area contributed by atoms with Crippen molar-refractivity contribution in [2.45, 2.75) is 18.4 Å². The van der Waals surface area contributed by atoms with Gasteiger partial charge in [0.05, 0.1) is 4.90 Å². The predicted molar refractivity (Wildman–Crippen MR) is 96.5 cm³/mol. The molecule has 0 amide bonds. The van der Waals surface area contributed by atoms with E-state index in [9.17, 15) is 8.42 Å². The van der Waals surface area contributed by atoms with E-state index in [2.05, 4.69) is 41.0 Å². The summed E-state index contributed by atoms with van der Waals surface area (Å²) in [6, 6.07) is 15.4. The summed E-state index contributed by atoms with van der Waals surface area (Å²) in [6.07, 6.45) is 0. The molecule has 0 radical (unpaired) electrons. The van der Waals surface area contributed by atoms with Crippen LogP contribution < -0.4 is 10.0 Å². The van der Waals surface area contributed by atoms with E-state index < -0.39 is 10.0 Å². The summed E-state index contributed by atoms with van der Waals surface area (Å²) in [5.41, 5.74) is 3.68. The first-order chi connectivity index (χ1) is 11.4. The van der Waals surface area contributed by atoms with Gasteiger partial charge < -0.3 is 4.90 Å². The average molecular weight is 345 g/mol. The second kappa shape index (κ2) is 6.93. The lowest BCUT2D eigenvalue weighted by Crippen LogP contribution is -2.45. The Morgan fingerprint density at radius 3 is 2.25 bits per heavy atom. The molecular formula is C18H23N3O2S. The lowest BCUT2D eigenvalue weighted by atomic mass is 10.1. The van der Waals surface area contributed by atoms with Crippen LogP contribution in [0.3, 0.4) is 0 Å². The minimum atomic E-state index is -3.62. The first-order valence-corrected chi connectivity index (χ1v) is 9.62. The van der Waals surface area contributed by atoms with E-state index in [1.165, 1.54) is 11.1 Å². The van der Waals surface area contributed by atoms with E-state index in [1.54, 1.807) is 12.1 Å². The van der Waals surface area contributed by atoms with Crippen LogP contribution in [0.15, 0.2) is 53.4 Å². The molecule has 2 N–H and O–H groups in total. The van der Waals surface area contributed by atoms with Crippen molar-refractivity contribution >= 4 is 15.7 Å². The van der Waals surface area contributed by atoms with Crippen LogP contribution in [0.4, 0.5) is 5.69 Å². The van der Waals surface area contributed by atoms with Crippen molar-refractivity contribution in [2.24, 2.45) is 5.14 Å². The molecule has 2 aromatic rings. The first kappa shape index (κ1) is 17.0. The number of piperazine rings is 1. The van der Waals surface area contributed by atoms with E-state index >= 15 is 0 Å². The highest BCUT2D eigenvalue weighted by atomic mass is 32.2. The minimum absolute atomic E-state index is 0.157. The molecule has 0 unspecified atom stereocenters. The highest BCUT2D eigenvalue weighted by Gasteiger charge is 2.18.